The first-order valence-corrected chi connectivity index (χ1v) is 6.22. The molecule has 5 nitrogen and oxygen atoms in total. The fourth-order valence-electron chi connectivity index (χ4n) is 1.30. The van der Waals surface area contributed by atoms with Gasteiger partial charge in [-0.05, 0) is 0 Å². The van der Waals surface area contributed by atoms with Gasteiger partial charge in [0.1, 0.15) is 6.04 Å². The van der Waals surface area contributed by atoms with Crippen molar-refractivity contribution in [2.24, 2.45) is 5.73 Å². The molecule has 0 aromatic rings. The number of nitrogens with two attached hydrogens (primary N) is 1. The lowest BCUT2D eigenvalue weighted by Gasteiger charge is -2.26. The van der Waals surface area contributed by atoms with Crippen molar-refractivity contribution in [3.05, 3.63) is 0 Å². The van der Waals surface area contributed by atoms with E-state index in [9.17, 15) is 4.79 Å². The van der Waals surface area contributed by atoms with Crippen LogP contribution in [0.3, 0.4) is 0 Å². The van der Waals surface area contributed by atoms with E-state index >= 15 is 0 Å². The number of nitrogens with zero attached hydrogens (tertiary/aromatic N) is 1. The summed E-state index contributed by atoms with van der Waals surface area (Å²) in [4.78, 5) is 12.8. The fraction of sp³-hybridized carbons (Fsp3) is 0.889. The second-order valence-corrected chi connectivity index (χ2v) is 4.62. The summed E-state index contributed by atoms with van der Waals surface area (Å²) >= 11 is 1.60. The molecular weight excluding hydrogens is 216 g/mol. The second-order valence-electron chi connectivity index (χ2n) is 3.47. The molecule has 88 valence electrons. The van der Waals surface area contributed by atoms with Gasteiger partial charge in [-0.25, -0.2) is 0 Å². The molecule has 1 saturated heterocycles. The molecule has 1 aliphatic heterocycles. The topological polar surface area (TPSA) is 75.8 Å². The third kappa shape index (κ3) is 5.36. The van der Waals surface area contributed by atoms with Crippen molar-refractivity contribution in [1.29, 1.82) is 0 Å². The Hall–Kier alpha value is -0.300. The maximum absolute atomic E-state index is 10.4. The highest BCUT2D eigenvalue weighted by molar-refractivity contribution is 7.99. The summed E-state index contributed by atoms with van der Waals surface area (Å²) in [6.45, 7) is 4.55. The molecule has 0 amide bonds. The Kier molecular flexibility index (Phi) is 6.00. The predicted octanol–water partition coefficient (Wildman–Crippen LogP) is -0.536. The van der Waals surface area contributed by atoms with E-state index in [4.69, 9.17) is 15.6 Å². The average Bonchev–Trinajstić information content (AvgIpc) is 2.25. The molecule has 0 aliphatic carbocycles. The smallest absolute Gasteiger partial charge is 0.321 e. The molecule has 1 unspecified atom stereocenters. The molecule has 15 heavy (non-hydrogen) atoms. The first-order valence-electron chi connectivity index (χ1n) is 5.06. The van der Waals surface area contributed by atoms with Gasteiger partial charge in [0.05, 0.1) is 13.2 Å². The molecule has 6 heteroatoms. The van der Waals surface area contributed by atoms with Crippen LogP contribution >= 0.6 is 11.8 Å². The van der Waals surface area contributed by atoms with Gasteiger partial charge in [-0.15, -0.1) is 0 Å². The van der Waals surface area contributed by atoms with Crippen molar-refractivity contribution >= 4 is 17.7 Å². The van der Waals surface area contributed by atoms with Crippen molar-refractivity contribution in [3.63, 3.8) is 0 Å². The van der Waals surface area contributed by atoms with Gasteiger partial charge >= 0.3 is 5.97 Å². The van der Waals surface area contributed by atoms with E-state index in [0.29, 0.717) is 5.75 Å². The minimum Gasteiger partial charge on any atom is -0.480 e. The largest absolute Gasteiger partial charge is 0.480 e. The first-order chi connectivity index (χ1) is 7.20. The number of aliphatic carboxylic acids is 1. The summed E-state index contributed by atoms with van der Waals surface area (Å²) in [5.74, 6) is 0.495. The van der Waals surface area contributed by atoms with Gasteiger partial charge in [-0.2, -0.15) is 11.8 Å². The summed E-state index contributed by atoms with van der Waals surface area (Å²) < 4.78 is 5.23. The zero-order valence-corrected chi connectivity index (χ0v) is 9.54. The molecule has 1 rings (SSSR count). The van der Waals surface area contributed by atoms with E-state index < -0.39 is 12.0 Å². The quantitative estimate of drug-likeness (QED) is 0.601. The van der Waals surface area contributed by atoms with Crippen LogP contribution in [0.25, 0.3) is 0 Å². The van der Waals surface area contributed by atoms with E-state index in [1.54, 1.807) is 11.8 Å². The summed E-state index contributed by atoms with van der Waals surface area (Å²) in [7, 11) is 0. The van der Waals surface area contributed by atoms with Gasteiger partial charge in [0.25, 0.3) is 0 Å². The maximum atomic E-state index is 10.4. The fourth-order valence-corrected chi connectivity index (χ4v) is 2.25. The molecule has 3 N–H and O–H groups in total. The van der Waals surface area contributed by atoms with Crippen LogP contribution in [0.15, 0.2) is 0 Å². The zero-order chi connectivity index (χ0) is 11.1. The van der Waals surface area contributed by atoms with Crippen molar-refractivity contribution in [2.75, 3.05) is 44.4 Å². The molecule has 0 radical (unpaired) electrons. The zero-order valence-electron chi connectivity index (χ0n) is 8.72. The summed E-state index contributed by atoms with van der Waals surface area (Å²) in [5.41, 5.74) is 5.38. The van der Waals surface area contributed by atoms with Crippen LogP contribution < -0.4 is 5.73 Å². The van der Waals surface area contributed by atoms with Gasteiger partial charge in [-0.1, -0.05) is 0 Å². The molecule has 0 spiro atoms. The van der Waals surface area contributed by atoms with Gasteiger partial charge in [0.15, 0.2) is 0 Å². The molecule has 0 saturated carbocycles. The summed E-state index contributed by atoms with van der Waals surface area (Å²) in [6.07, 6.45) is 0. The molecule has 1 aliphatic rings. The van der Waals surface area contributed by atoms with E-state index in [2.05, 4.69) is 4.90 Å². The Morgan fingerprint density at radius 1 is 1.53 bits per heavy atom. The lowest BCUT2D eigenvalue weighted by molar-refractivity contribution is -0.137. The number of carboxylic acid groups (broad SMARTS) is 1. The third-order valence-corrected chi connectivity index (χ3v) is 3.34. The second kappa shape index (κ2) is 7.05. The number of thioether (sulfide) groups is 1. The Morgan fingerprint density at radius 2 is 2.20 bits per heavy atom. The van der Waals surface area contributed by atoms with Crippen molar-refractivity contribution in [1.82, 2.24) is 4.90 Å². The van der Waals surface area contributed by atoms with Gasteiger partial charge < -0.3 is 15.6 Å². The maximum Gasteiger partial charge on any atom is 0.321 e. The van der Waals surface area contributed by atoms with Crippen LogP contribution in [0, 0.1) is 0 Å². The molecule has 0 bridgehead atoms. The van der Waals surface area contributed by atoms with Gasteiger partial charge in [-0.3, -0.25) is 9.69 Å². The third-order valence-electron chi connectivity index (χ3n) is 2.27. The predicted molar refractivity (Wildman–Crippen MR) is 60.2 cm³/mol. The summed E-state index contributed by atoms with van der Waals surface area (Å²) in [5, 5.41) is 8.56. The lowest BCUT2D eigenvalue weighted by atomic mass is 10.4. The van der Waals surface area contributed by atoms with Crippen LogP contribution in [0.1, 0.15) is 0 Å². The lowest BCUT2D eigenvalue weighted by Crippen LogP contribution is -2.38. The van der Waals surface area contributed by atoms with Crippen LogP contribution in [0.4, 0.5) is 0 Å². The Balaban J connectivity index is 1.98. The van der Waals surface area contributed by atoms with Gasteiger partial charge in [0, 0.05) is 31.1 Å². The van der Waals surface area contributed by atoms with E-state index in [1.165, 1.54) is 0 Å². The standard InChI is InChI=1S/C9H18N2O3S/c10-8(9(12)13)7-15-6-3-11-1-4-14-5-2-11/h8H,1-7,10H2,(H,12,13). The number of carbonyl (C=O) groups is 1. The van der Waals surface area contributed by atoms with Crippen molar-refractivity contribution < 1.29 is 14.6 Å². The molecule has 1 atom stereocenters. The molecule has 0 aromatic carbocycles. The van der Waals surface area contributed by atoms with Gasteiger partial charge in [0.2, 0.25) is 0 Å². The highest BCUT2D eigenvalue weighted by Gasteiger charge is 2.12. The highest BCUT2D eigenvalue weighted by atomic mass is 32.2. The minimum absolute atomic E-state index is 0.486. The van der Waals surface area contributed by atoms with Crippen LogP contribution in [-0.2, 0) is 9.53 Å². The van der Waals surface area contributed by atoms with Crippen molar-refractivity contribution in [2.45, 2.75) is 6.04 Å². The minimum atomic E-state index is -0.922. The van der Waals surface area contributed by atoms with E-state index in [1.807, 2.05) is 0 Å². The van der Waals surface area contributed by atoms with E-state index in [0.717, 1.165) is 38.6 Å². The number of carboxylic acids is 1. The van der Waals surface area contributed by atoms with Crippen LogP contribution in [-0.4, -0.2) is 66.4 Å². The highest BCUT2D eigenvalue weighted by Crippen LogP contribution is 2.04. The van der Waals surface area contributed by atoms with Crippen molar-refractivity contribution in [3.8, 4) is 0 Å². The first kappa shape index (κ1) is 12.8. The average molecular weight is 234 g/mol. The van der Waals surface area contributed by atoms with Crippen LogP contribution in [0.2, 0.25) is 0 Å². The number of hydrogen-bond acceptors (Lipinski definition) is 5. The SMILES string of the molecule is NC(CSCCN1CCOCC1)C(=O)O. The van der Waals surface area contributed by atoms with E-state index in [-0.39, 0.29) is 0 Å². The Morgan fingerprint density at radius 3 is 2.80 bits per heavy atom. The normalized spacial score (nSPS) is 20.1. The summed E-state index contributed by atoms with van der Waals surface area (Å²) in [6, 6.07) is -0.736. The Bertz CT molecular complexity index is 198. The van der Waals surface area contributed by atoms with Crippen LogP contribution in [0.5, 0.6) is 0 Å². The number of hydrogen-bond donors (Lipinski definition) is 2. The molecular formula is C9H18N2O3S. The number of rotatable bonds is 6. The molecule has 1 heterocycles. The molecule has 1 fully saturated rings. The Labute approximate surface area is 93.9 Å². The molecule has 0 aromatic heterocycles. The number of ether oxygens (including phenoxy) is 1. The number of morpholine rings is 1. The monoisotopic (exact) mass is 234 g/mol.